The second-order valence-electron chi connectivity index (χ2n) is 6.26. The molecule has 0 radical (unpaired) electrons. The Kier molecular flexibility index (Phi) is 6.24. The van der Waals surface area contributed by atoms with Gasteiger partial charge in [0.2, 0.25) is 10.0 Å². The van der Waals surface area contributed by atoms with E-state index in [9.17, 15) is 8.42 Å². The minimum absolute atomic E-state index is 0.325. The van der Waals surface area contributed by atoms with Gasteiger partial charge in [0.25, 0.3) is 0 Å². The lowest BCUT2D eigenvalue weighted by Crippen LogP contribution is -2.48. The van der Waals surface area contributed by atoms with E-state index in [1.54, 1.807) is 41.0 Å². The van der Waals surface area contributed by atoms with Crippen LogP contribution in [-0.4, -0.2) is 61.9 Å². The number of aromatic nitrogens is 1. The molecule has 0 aliphatic carbocycles. The maximum atomic E-state index is 12.8. The van der Waals surface area contributed by atoms with E-state index < -0.39 is 10.0 Å². The van der Waals surface area contributed by atoms with Crippen LogP contribution >= 0.6 is 0 Å². The summed E-state index contributed by atoms with van der Waals surface area (Å²) in [6, 6.07) is 10.7. The van der Waals surface area contributed by atoms with E-state index in [-0.39, 0.29) is 0 Å². The minimum Gasteiger partial charge on any atom is -0.494 e. The van der Waals surface area contributed by atoms with E-state index in [0.29, 0.717) is 30.3 Å². The summed E-state index contributed by atoms with van der Waals surface area (Å²) < 4.78 is 32.6. The molecule has 0 N–H and O–H groups in total. The van der Waals surface area contributed by atoms with Crippen molar-refractivity contribution in [2.24, 2.45) is 0 Å². The standard InChI is InChI=1S/C19H25N3O3S/c1-2-25-18-3-5-19(6-4-18)26(23,24)22-15-13-21(14-16-22)12-9-17-7-10-20-11-8-17/h3-8,10-11H,2,9,12-16H2,1H3. The lowest BCUT2D eigenvalue weighted by molar-refractivity contribution is 0.190. The van der Waals surface area contributed by atoms with Gasteiger partial charge in [-0.25, -0.2) is 8.42 Å². The normalized spacial score (nSPS) is 16.5. The summed E-state index contributed by atoms with van der Waals surface area (Å²) in [5, 5.41) is 0. The van der Waals surface area contributed by atoms with E-state index in [1.807, 2.05) is 19.1 Å². The highest BCUT2D eigenvalue weighted by Crippen LogP contribution is 2.21. The predicted octanol–water partition coefficient (Wildman–Crippen LogP) is 2.03. The lowest BCUT2D eigenvalue weighted by atomic mass is 10.2. The first kappa shape index (κ1) is 18.8. The predicted molar refractivity (Wildman–Crippen MR) is 101 cm³/mol. The van der Waals surface area contributed by atoms with Crippen molar-refractivity contribution in [3.63, 3.8) is 0 Å². The van der Waals surface area contributed by atoms with Crippen molar-refractivity contribution in [1.82, 2.24) is 14.2 Å². The lowest BCUT2D eigenvalue weighted by Gasteiger charge is -2.34. The molecule has 1 aromatic carbocycles. The molecule has 140 valence electrons. The summed E-state index contributed by atoms with van der Waals surface area (Å²) in [5.74, 6) is 0.687. The van der Waals surface area contributed by atoms with E-state index in [4.69, 9.17) is 4.74 Å². The highest BCUT2D eigenvalue weighted by molar-refractivity contribution is 7.89. The quantitative estimate of drug-likeness (QED) is 0.741. The Labute approximate surface area is 155 Å². The number of benzene rings is 1. The average molecular weight is 375 g/mol. The molecule has 1 saturated heterocycles. The summed E-state index contributed by atoms with van der Waals surface area (Å²) in [6.07, 6.45) is 4.56. The Morgan fingerprint density at radius 1 is 1.00 bits per heavy atom. The van der Waals surface area contributed by atoms with Crippen LogP contribution in [-0.2, 0) is 16.4 Å². The molecule has 2 heterocycles. The number of hydrogen-bond donors (Lipinski definition) is 0. The molecular formula is C19H25N3O3S. The zero-order valence-corrected chi connectivity index (χ0v) is 15.9. The van der Waals surface area contributed by atoms with Crippen LogP contribution in [0.25, 0.3) is 0 Å². The number of ether oxygens (including phenoxy) is 1. The zero-order chi connectivity index (χ0) is 18.4. The first-order valence-corrected chi connectivity index (χ1v) is 10.4. The second kappa shape index (κ2) is 8.62. The summed E-state index contributed by atoms with van der Waals surface area (Å²) in [5.41, 5.74) is 1.25. The molecule has 26 heavy (non-hydrogen) atoms. The fraction of sp³-hybridized carbons (Fsp3) is 0.421. The Hall–Kier alpha value is -1.96. The maximum Gasteiger partial charge on any atom is 0.243 e. The summed E-state index contributed by atoms with van der Waals surface area (Å²) in [7, 11) is -3.44. The SMILES string of the molecule is CCOc1ccc(S(=O)(=O)N2CCN(CCc3ccncc3)CC2)cc1. The smallest absolute Gasteiger partial charge is 0.243 e. The van der Waals surface area contributed by atoms with Crippen molar-refractivity contribution in [3.8, 4) is 5.75 Å². The minimum atomic E-state index is -3.44. The number of sulfonamides is 1. The molecule has 0 bridgehead atoms. The van der Waals surface area contributed by atoms with Crippen LogP contribution in [0.1, 0.15) is 12.5 Å². The highest BCUT2D eigenvalue weighted by atomic mass is 32.2. The van der Waals surface area contributed by atoms with Crippen LogP contribution in [0.2, 0.25) is 0 Å². The van der Waals surface area contributed by atoms with Crippen LogP contribution in [0.15, 0.2) is 53.7 Å². The van der Waals surface area contributed by atoms with E-state index >= 15 is 0 Å². The first-order chi connectivity index (χ1) is 12.6. The molecule has 1 aliphatic heterocycles. The molecule has 0 saturated carbocycles. The number of rotatable bonds is 7. The molecule has 7 heteroatoms. The summed E-state index contributed by atoms with van der Waals surface area (Å²) in [6.45, 7) is 5.94. The van der Waals surface area contributed by atoms with Gasteiger partial charge in [0.15, 0.2) is 0 Å². The van der Waals surface area contributed by atoms with Gasteiger partial charge in [-0.3, -0.25) is 4.98 Å². The number of piperazine rings is 1. The first-order valence-electron chi connectivity index (χ1n) is 8.94. The molecule has 1 aliphatic rings. The molecule has 6 nitrogen and oxygen atoms in total. The molecular weight excluding hydrogens is 350 g/mol. The Balaban J connectivity index is 1.54. The molecule has 1 aromatic heterocycles. The fourth-order valence-corrected chi connectivity index (χ4v) is 4.48. The third-order valence-corrected chi connectivity index (χ3v) is 6.48. The molecule has 0 atom stereocenters. The van der Waals surface area contributed by atoms with Crippen molar-refractivity contribution in [2.45, 2.75) is 18.2 Å². The average Bonchev–Trinajstić information content (AvgIpc) is 2.68. The summed E-state index contributed by atoms with van der Waals surface area (Å²) in [4.78, 5) is 6.66. The van der Waals surface area contributed by atoms with Gasteiger partial charge in [-0.2, -0.15) is 4.31 Å². The zero-order valence-electron chi connectivity index (χ0n) is 15.0. The van der Waals surface area contributed by atoms with Crippen molar-refractivity contribution in [2.75, 3.05) is 39.3 Å². The van der Waals surface area contributed by atoms with Gasteiger partial charge in [-0.1, -0.05) is 0 Å². The van der Waals surface area contributed by atoms with Crippen molar-refractivity contribution < 1.29 is 13.2 Å². The van der Waals surface area contributed by atoms with E-state index in [0.717, 1.165) is 26.1 Å². The Morgan fingerprint density at radius 3 is 2.27 bits per heavy atom. The van der Waals surface area contributed by atoms with Gasteiger partial charge in [-0.05, 0) is 55.3 Å². The topological polar surface area (TPSA) is 62.7 Å². The van der Waals surface area contributed by atoms with Crippen LogP contribution in [0.5, 0.6) is 5.75 Å². The van der Waals surface area contributed by atoms with Crippen molar-refractivity contribution in [1.29, 1.82) is 0 Å². The van der Waals surface area contributed by atoms with Crippen LogP contribution in [0.3, 0.4) is 0 Å². The van der Waals surface area contributed by atoms with Gasteiger partial charge < -0.3 is 9.64 Å². The highest BCUT2D eigenvalue weighted by Gasteiger charge is 2.28. The third-order valence-electron chi connectivity index (χ3n) is 4.57. The van der Waals surface area contributed by atoms with Gasteiger partial charge in [-0.15, -0.1) is 0 Å². The molecule has 0 spiro atoms. The Morgan fingerprint density at radius 2 is 1.65 bits per heavy atom. The molecule has 2 aromatic rings. The number of nitrogens with zero attached hydrogens (tertiary/aromatic N) is 3. The molecule has 1 fully saturated rings. The van der Waals surface area contributed by atoms with Gasteiger partial charge >= 0.3 is 0 Å². The second-order valence-corrected chi connectivity index (χ2v) is 8.19. The number of pyridine rings is 1. The van der Waals surface area contributed by atoms with E-state index in [2.05, 4.69) is 9.88 Å². The van der Waals surface area contributed by atoms with Crippen LogP contribution in [0, 0.1) is 0 Å². The van der Waals surface area contributed by atoms with Gasteiger partial charge in [0.05, 0.1) is 11.5 Å². The van der Waals surface area contributed by atoms with Crippen molar-refractivity contribution >= 4 is 10.0 Å². The van der Waals surface area contributed by atoms with Crippen molar-refractivity contribution in [3.05, 3.63) is 54.4 Å². The summed E-state index contributed by atoms with van der Waals surface area (Å²) >= 11 is 0. The third kappa shape index (κ3) is 4.60. The molecule has 3 rings (SSSR count). The van der Waals surface area contributed by atoms with Gasteiger partial charge in [0, 0.05) is 45.1 Å². The van der Waals surface area contributed by atoms with E-state index in [1.165, 1.54) is 5.56 Å². The number of hydrogen-bond acceptors (Lipinski definition) is 5. The molecule has 0 unspecified atom stereocenters. The van der Waals surface area contributed by atoms with Crippen LogP contribution < -0.4 is 4.74 Å². The fourth-order valence-electron chi connectivity index (χ4n) is 3.05. The van der Waals surface area contributed by atoms with Crippen LogP contribution in [0.4, 0.5) is 0 Å². The van der Waals surface area contributed by atoms with Gasteiger partial charge in [0.1, 0.15) is 5.75 Å². The molecule has 0 amide bonds. The Bertz CT molecular complexity index is 787. The maximum absolute atomic E-state index is 12.8. The largest absolute Gasteiger partial charge is 0.494 e. The monoisotopic (exact) mass is 375 g/mol.